The molecule has 4 aliphatic carbocycles. The minimum absolute atomic E-state index is 0.247. The Hall–Kier alpha value is -3.08. The van der Waals surface area contributed by atoms with Crippen molar-refractivity contribution in [1.29, 1.82) is 0 Å². The average Bonchev–Trinajstić information content (AvgIpc) is 3.42. The van der Waals surface area contributed by atoms with Crippen LogP contribution in [0.3, 0.4) is 0 Å². The monoisotopic (exact) mass is 441 g/mol. The first-order valence-electron chi connectivity index (χ1n) is 12.2. The molecular formula is C28H31N3O2. The fraction of sp³-hybridized carbons (Fsp3) is 0.429. The van der Waals surface area contributed by atoms with Gasteiger partial charge in [-0.05, 0) is 111 Å². The number of aromatic nitrogens is 1. The highest BCUT2D eigenvalue weighted by atomic mass is 16.3. The molecule has 0 atom stereocenters. The lowest BCUT2D eigenvalue weighted by molar-refractivity contribution is -0.00518. The summed E-state index contributed by atoms with van der Waals surface area (Å²) in [5.74, 6) is 2.77. The summed E-state index contributed by atoms with van der Waals surface area (Å²) in [6, 6.07) is 14.7. The molecule has 0 saturated heterocycles. The first-order valence-corrected chi connectivity index (χ1v) is 12.2. The lowest BCUT2D eigenvalue weighted by Crippen LogP contribution is -2.48. The van der Waals surface area contributed by atoms with Crippen molar-refractivity contribution in [3.05, 3.63) is 77.0 Å². The van der Waals surface area contributed by atoms with Crippen molar-refractivity contribution in [2.45, 2.75) is 57.8 Å². The van der Waals surface area contributed by atoms with Gasteiger partial charge in [0.1, 0.15) is 0 Å². The van der Waals surface area contributed by atoms with Crippen LogP contribution >= 0.6 is 0 Å². The van der Waals surface area contributed by atoms with Gasteiger partial charge in [-0.2, -0.15) is 5.10 Å². The zero-order chi connectivity index (χ0) is 22.6. The molecule has 0 aliphatic heterocycles. The Balaban J connectivity index is 1.22. The Morgan fingerprint density at radius 3 is 2.33 bits per heavy atom. The molecule has 4 bridgehead atoms. The molecule has 1 N–H and O–H groups in total. The van der Waals surface area contributed by atoms with Crippen LogP contribution in [0.5, 0.6) is 0 Å². The van der Waals surface area contributed by atoms with Crippen LogP contribution in [0.25, 0.3) is 5.69 Å². The Labute approximate surface area is 194 Å². The average molecular weight is 442 g/mol. The van der Waals surface area contributed by atoms with Crippen LogP contribution in [-0.4, -0.2) is 16.7 Å². The Bertz CT molecular complexity index is 1170. The van der Waals surface area contributed by atoms with E-state index in [0.29, 0.717) is 5.41 Å². The molecule has 3 aromatic rings. The van der Waals surface area contributed by atoms with Crippen molar-refractivity contribution in [1.82, 2.24) is 9.99 Å². The molecule has 5 nitrogen and oxygen atoms in total. The largest absolute Gasteiger partial charge is 0.459 e. The normalized spacial score (nSPS) is 28.0. The van der Waals surface area contributed by atoms with Crippen molar-refractivity contribution < 1.29 is 9.21 Å². The first-order chi connectivity index (χ1) is 16.0. The topological polar surface area (TPSA) is 59.5 Å². The van der Waals surface area contributed by atoms with E-state index in [1.54, 1.807) is 23.9 Å². The molecule has 4 saturated carbocycles. The zero-order valence-corrected chi connectivity index (χ0v) is 19.4. The minimum Gasteiger partial charge on any atom is -0.459 e. The molecule has 1 amide bonds. The van der Waals surface area contributed by atoms with Crippen molar-refractivity contribution in [2.75, 3.05) is 0 Å². The zero-order valence-electron chi connectivity index (χ0n) is 19.4. The van der Waals surface area contributed by atoms with Crippen LogP contribution in [0.15, 0.2) is 58.2 Å². The number of hydrazone groups is 1. The maximum absolute atomic E-state index is 12.0. The fourth-order valence-corrected chi connectivity index (χ4v) is 7.37. The van der Waals surface area contributed by atoms with E-state index < -0.39 is 0 Å². The third-order valence-corrected chi connectivity index (χ3v) is 8.36. The third kappa shape index (κ3) is 3.54. The number of hydrogen-bond acceptors (Lipinski definition) is 3. The van der Waals surface area contributed by atoms with E-state index >= 15 is 0 Å². The van der Waals surface area contributed by atoms with Crippen LogP contribution in [0.2, 0.25) is 0 Å². The Kier molecular flexibility index (Phi) is 4.82. The van der Waals surface area contributed by atoms with E-state index in [4.69, 9.17) is 4.42 Å². The molecule has 2 aromatic heterocycles. The molecule has 170 valence electrons. The molecule has 5 heteroatoms. The maximum atomic E-state index is 12.0. The predicted molar refractivity (Wildman–Crippen MR) is 129 cm³/mol. The van der Waals surface area contributed by atoms with Crippen molar-refractivity contribution in [2.24, 2.45) is 22.9 Å². The number of furan rings is 1. The summed E-state index contributed by atoms with van der Waals surface area (Å²) in [7, 11) is 0. The number of nitrogens with zero attached hydrogens (tertiary/aromatic N) is 2. The number of nitrogens with one attached hydrogen (secondary N) is 1. The van der Waals surface area contributed by atoms with Gasteiger partial charge in [0, 0.05) is 22.6 Å². The summed E-state index contributed by atoms with van der Waals surface area (Å²) >= 11 is 0. The SMILES string of the molecule is Cc1cc(/C=N\NC(=O)c2ccco2)c(C)n1-c1ccc(C23CC4CC(CC(C4)C2)C3)cc1. The molecule has 0 spiro atoms. The molecule has 2 heterocycles. The molecule has 0 radical (unpaired) electrons. The number of benzene rings is 1. The van der Waals surface area contributed by atoms with Gasteiger partial charge >= 0.3 is 5.91 Å². The van der Waals surface area contributed by atoms with E-state index in [1.807, 2.05) is 0 Å². The quantitative estimate of drug-likeness (QED) is 0.395. The molecule has 1 aromatic carbocycles. The van der Waals surface area contributed by atoms with Crippen LogP contribution in [-0.2, 0) is 5.41 Å². The highest BCUT2D eigenvalue weighted by Gasteiger charge is 2.51. The summed E-state index contributed by atoms with van der Waals surface area (Å²) in [6.07, 6.45) is 11.8. The highest BCUT2D eigenvalue weighted by molar-refractivity contribution is 5.92. The van der Waals surface area contributed by atoms with Crippen molar-refractivity contribution in [3.63, 3.8) is 0 Å². The second-order valence-corrected chi connectivity index (χ2v) is 10.6. The second kappa shape index (κ2) is 7.75. The molecule has 33 heavy (non-hydrogen) atoms. The number of rotatable bonds is 5. The van der Waals surface area contributed by atoms with Gasteiger partial charge in [0.15, 0.2) is 5.76 Å². The van der Waals surface area contributed by atoms with Gasteiger partial charge in [0.25, 0.3) is 0 Å². The van der Waals surface area contributed by atoms with Gasteiger partial charge in [0.2, 0.25) is 0 Å². The maximum Gasteiger partial charge on any atom is 0.307 e. The number of carbonyl (C=O) groups excluding carboxylic acids is 1. The second-order valence-electron chi connectivity index (χ2n) is 10.6. The first kappa shape index (κ1) is 20.5. The van der Waals surface area contributed by atoms with Gasteiger partial charge < -0.3 is 8.98 Å². The van der Waals surface area contributed by atoms with Crippen molar-refractivity contribution in [3.8, 4) is 5.69 Å². The number of aryl methyl sites for hydroxylation is 1. The summed E-state index contributed by atoms with van der Waals surface area (Å²) < 4.78 is 7.36. The van der Waals surface area contributed by atoms with Crippen LogP contribution in [0.1, 0.15) is 71.6 Å². The minimum atomic E-state index is -0.356. The molecule has 7 rings (SSSR count). The van der Waals surface area contributed by atoms with Crippen LogP contribution in [0, 0.1) is 31.6 Å². The van der Waals surface area contributed by atoms with E-state index in [0.717, 1.165) is 34.7 Å². The van der Waals surface area contributed by atoms with Gasteiger partial charge in [-0.25, -0.2) is 5.43 Å². The number of amides is 1. The van der Waals surface area contributed by atoms with Crippen LogP contribution < -0.4 is 5.43 Å². The van der Waals surface area contributed by atoms with Gasteiger partial charge in [-0.3, -0.25) is 4.79 Å². The fourth-order valence-electron chi connectivity index (χ4n) is 7.37. The number of hydrogen-bond donors (Lipinski definition) is 1. The summed E-state index contributed by atoms with van der Waals surface area (Å²) in [5, 5.41) is 4.13. The van der Waals surface area contributed by atoms with Gasteiger partial charge in [0.05, 0.1) is 12.5 Å². The Morgan fingerprint density at radius 2 is 1.73 bits per heavy atom. The standard InChI is InChI=1S/C28H31N3O2/c1-18-10-23(17-29-30-27(32)26-4-3-9-33-26)19(2)31(18)25-7-5-24(6-8-25)28-14-20-11-21(15-28)13-22(12-20)16-28/h3-10,17,20-22H,11-16H2,1-2H3,(H,30,32)/b29-17-. The summed E-state index contributed by atoms with van der Waals surface area (Å²) in [4.78, 5) is 12.0. The number of carbonyl (C=O) groups is 1. The summed E-state index contributed by atoms with van der Waals surface area (Å²) in [5.41, 5.74) is 8.92. The predicted octanol–water partition coefficient (Wildman–Crippen LogP) is 5.92. The van der Waals surface area contributed by atoms with Crippen molar-refractivity contribution >= 4 is 12.1 Å². The molecule has 4 aliphatic rings. The molecular weight excluding hydrogens is 410 g/mol. The lowest BCUT2D eigenvalue weighted by Gasteiger charge is -2.57. The summed E-state index contributed by atoms with van der Waals surface area (Å²) in [6.45, 7) is 4.20. The smallest absolute Gasteiger partial charge is 0.307 e. The van der Waals surface area contributed by atoms with E-state index in [9.17, 15) is 4.79 Å². The highest BCUT2D eigenvalue weighted by Crippen LogP contribution is 2.60. The third-order valence-electron chi connectivity index (χ3n) is 8.36. The van der Waals surface area contributed by atoms with Crippen LogP contribution in [0.4, 0.5) is 0 Å². The van der Waals surface area contributed by atoms with Gasteiger partial charge in [-0.15, -0.1) is 0 Å². The molecule has 0 unspecified atom stereocenters. The lowest BCUT2D eigenvalue weighted by atomic mass is 9.48. The van der Waals surface area contributed by atoms with E-state index in [-0.39, 0.29) is 11.7 Å². The molecule has 4 fully saturated rings. The van der Waals surface area contributed by atoms with Gasteiger partial charge in [-0.1, -0.05) is 12.1 Å². The van der Waals surface area contributed by atoms with E-state index in [2.05, 4.69) is 59.3 Å². The van der Waals surface area contributed by atoms with E-state index in [1.165, 1.54) is 50.5 Å². The Morgan fingerprint density at radius 1 is 1.06 bits per heavy atom.